The molecule has 1 amide bonds. The second-order valence-corrected chi connectivity index (χ2v) is 6.84. The zero-order valence-electron chi connectivity index (χ0n) is 14.6. The molecule has 2 atom stereocenters. The average molecular weight is 371 g/mol. The summed E-state index contributed by atoms with van der Waals surface area (Å²) in [7, 11) is 0. The fourth-order valence-corrected chi connectivity index (χ4v) is 3.66. The van der Waals surface area contributed by atoms with E-state index in [1.54, 1.807) is 19.1 Å². The van der Waals surface area contributed by atoms with Gasteiger partial charge in [-0.1, -0.05) is 6.07 Å². The molecule has 2 aromatic rings. The van der Waals surface area contributed by atoms with Crippen molar-refractivity contribution in [2.24, 2.45) is 5.92 Å². The average Bonchev–Trinajstić information content (AvgIpc) is 3.29. The van der Waals surface area contributed by atoms with Crippen LogP contribution in [0.4, 0.5) is 4.39 Å². The third kappa shape index (κ3) is 3.09. The maximum atomic E-state index is 13.5. The van der Waals surface area contributed by atoms with Crippen molar-refractivity contribution in [3.63, 3.8) is 0 Å². The van der Waals surface area contributed by atoms with Crippen molar-refractivity contribution in [3.05, 3.63) is 58.9 Å². The highest BCUT2D eigenvalue weighted by Crippen LogP contribution is 2.39. The van der Waals surface area contributed by atoms with Crippen LogP contribution in [-0.4, -0.2) is 41.8 Å². The van der Waals surface area contributed by atoms with Gasteiger partial charge in [0.25, 0.3) is 5.91 Å². The van der Waals surface area contributed by atoms with Gasteiger partial charge in [-0.05, 0) is 48.4 Å². The number of halogens is 1. The first-order valence-corrected chi connectivity index (χ1v) is 8.62. The van der Waals surface area contributed by atoms with E-state index >= 15 is 0 Å². The Kier molecular flexibility index (Phi) is 4.22. The van der Waals surface area contributed by atoms with E-state index in [9.17, 15) is 19.1 Å². The molecule has 0 spiro atoms. The number of hydrogen-bond donors (Lipinski definition) is 1. The van der Waals surface area contributed by atoms with Crippen LogP contribution in [0, 0.1) is 18.7 Å². The van der Waals surface area contributed by atoms with Gasteiger partial charge >= 0.3 is 5.97 Å². The van der Waals surface area contributed by atoms with E-state index < -0.39 is 11.9 Å². The van der Waals surface area contributed by atoms with Crippen LogP contribution in [0.15, 0.2) is 36.4 Å². The van der Waals surface area contributed by atoms with Crippen molar-refractivity contribution >= 4 is 11.9 Å². The first-order chi connectivity index (χ1) is 12.9. The van der Waals surface area contributed by atoms with Crippen LogP contribution in [0.3, 0.4) is 0 Å². The summed E-state index contributed by atoms with van der Waals surface area (Å²) in [5.41, 5.74) is 1.52. The number of hydrogen-bond acceptors (Lipinski definition) is 4. The molecule has 1 fully saturated rings. The van der Waals surface area contributed by atoms with Gasteiger partial charge in [-0.25, -0.2) is 4.39 Å². The quantitative estimate of drug-likeness (QED) is 0.898. The van der Waals surface area contributed by atoms with Gasteiger partial charge in [0.1, 0.15) is 5.82 Å². The summed E-state index contributed by atoms with van der Waals surface area (Å²) in [6, 6.07) is 9.51. The molecule has 2 aliphatic rings. The van der Waals surface area contributed by atoms with Crippen molar-refractivity contribution in [2.75, 3.05) is 19.9 Å². The molecule has 0 aliphatic carbocycles. The second-order valence-electron chi connectivity index (χ2n) is 6.84. The van der Waals surface area contributed by atoms with Crippen LogP contribution in [0.2, 0.25) is 0 Å². The Morgan fingerprint density at radius 1 is 1.11 bits per heavy atom. The summed E-state index contributed by atoms with van der Waals surface area (Å²) in [5, 5.41) is 9.65. The summed E-state index contributed by atoms with van der Waals surface area (Å²) in [6.45, 7) is 2.10. The maximum Gasteiger partial charge on any atom is 0.308 e. The second kappa shape index (κ2) is 6.57. The number of benzene rings is 2. The number of carbonyl (C=O) groups excluding carboxylic acids is 1. The molecular weight excluding hydrogens is 353 g/mol. The number of likely N-dealkylation sites (tertiary alicyclic amines) is 1. The van der Waals surface area contributed by atoms with E-state index in [-0.39, 0.29) is 37.5 Å². The molecular formula is C20H18FNO5. The lowest BCUT2D eigenvalue weighted by molar-refractivity contribution is -0.141. The molecule has 7 heteroatoms. The van der Waals surface area contributed by atoms with E-state index in [1.165, 1.54) is 23.1 Å². The molecule has 1 N–H and O–H groups in total. The highest BCUT2D eigenvalue weighted by Gasteiger charge is 2.41. The summed E-state index contributed by atoms with van der Waals surface area (Å²) in [5.74, 6) is -1.52. The molecule has 6 nitrogen and oxygen atoms in total. The monoisotopic (exact) mass is 371 g/mol. The number of fused-ring (bicyclic) bond motifs is 1. The topological polar surface area (TPSA) is 76.1 Å². The number of rotatable bonds is 3. The van der Waals surface area contributed by atoms with Gasteiger partial charge in [0.15, 0.2) is 11.5 Å². The van der Waals surface area contributed by atoms with Crippen LogP contribution in [-0.2, 0) is 4.79 Å². The molecule has 0 aromatic heterocycles. The van der Waals surface area contributed by atoms with Crippen molar-refractivity contribution in [1.29, 1.82) is 0 Å². The number of amides is 1. The van der Waals surface area contributed by atoms with E-state index in [0.717, 1.165) is 5.56 Å². The van der Waals surface area contributed by atoms with Gasteiger partial charge < -0.3 is 19.5 Å². The SMILES string of the molecule is Cc1cc(C(=O)N2C[C@@H](C(=O)O)[C@H](c3ccc4c(c3)OCO4)C2)ccc1F. The number of aryl methyl sites for hydroxylation is 1. The van der Waals surface area contributed by atoms with Crippen LogP contribution >= 0.6 is 0 Å². The molecule has 0 bridgehead atoms. The Morgan fingerprint density at radius 2 is 1.89 bits per heavy atom. The summed E-state index contributed by atoms with van der Waals surface area (Å²) in [4.78, 5) is 26.1. The van der Waals surface area contributed by atoms with Crippen molar-refractivity contribution < 1.29 is 28.6 Å². The molecule has 2 aromatic carbocycles. The third-order valence-corrected chi connectivity index (χ3v) is 5.15. The molecule has 1 saturated heterocycles. The van der Waals surface area contributed by atoms with Crippen LogP contribution < -0.4 is 9.47 Å². The fourth-order valence-electron chi connectivity index (χ4n) is 3.66. The molecule has 0 saturated carbocycles. The summed E-state index contributed by atoms with van der Waals surface area (Å²) >= 11 is 0. The minimum atomic E-state index is -0.955. The smallest absolute Gasteiger partial charge is 0.308 e. The van der Waals surface area contributed by atoms with E-state index in [0.29, 0.717) is 22.6 Å². The Bertz CT molecular complexity index is 929. The zero-order valence-corrected chi connectivity index (χ0v) is 14.6. The standard InChI is InChI=1S/C20H18FNO5/c1-11-6-13(2-4-16(11)21)19(23)22-8-14(15(9-22)20(24)25)12-3-5-17-18(7-12)27-10-26-17/h2-7,14-15H,8-10H2,1H3,(H,24,25)/t14-,15+/m0/s1. The summed E-state index contributed by atoms with van der Waals surface area (Å²) < 4.78 is 24.1. The van der Waals surface area contributed by atoms with Crippen molar-refractivity contribution in [2.45, 2.75) is 12.8 Å². The lowest BCUT2D eigenvalue weighted by atomic mass is 9.89. The number of carbonyl (C=O) groups is 2. The third-order valence-electron chi connectivity index (χ3n) is 5.15. The van der Waals surface area contributed by atoms with Crippen LogP contribution in [0.1, 0.15) is 27.4 Å². The Hall–Kier alpha value is -3.09. The molecule has 2 aliphatic heterocycles. The van der Waals surface area contributed by atoms with Gasteiger partial charge in [0.05, 0.1) is 5.92 Å². The first kappa shape index (κ1) is 17.3. The molecule has 0 unspecified atom stereocenters. The Balaban J connectivity index is 1.61. The molecule has 0 radical (unpaired) electrons. The highest BCUT2D eigenvalue weighted by molar-refractivity contribution is 5.95. The number of carboxylic acid groups (broad SMARTS) is 1. The lowest BCUT2D eigenvalue weighted by Gasteiger charge is -2.17. The number of aliphatic carboxylic acids is 1. The first-order valence-electron chi connectivity index (χ1n) is 8.62. The molecule has 27 heavy (non-hydrogen) atoms. The highest BCUT2D eigenvalue weighted by atomic mass is 19.1. The van der Waals surface area contributed by atoms with Gasteiger partial charge in [0, 0.05) is 24.6 Å². The predicted molar refractivity (Wildman–Crippen MR) is 93.5 cm³/mol. The lowest BCUT2D eigenvalue weighted by Crippen LogP contribution is -2.30. The van der Waals surface area contributed by atoms with Crippen molar-refractivity contribution in [1.82, 2.24) is 4.90 Å². The minimum absolute atomic E-state index is 0.101. The normalized spacial score (nSPS) is 20.7. The molecule has 4 rings (SSSR count). The molecule has 2 heterocycles. The van der Waals surface area contributed by atoms with Gasteiger partial charge in [-0.15, -0.1) is 0 Å². The number of ether oxygens (including phenoxy) is 2. The van der Waals surface area contributed by atoms with Gasteiger partial charge in [0.2, 0.25) is 6.79 Å². The fraction of sp³-hybridized carbons (Fsp3) is 0.300. The van der Waals surface area contributed by atoms with Crippen LogP contribution in [0.25, 0.3) is 0 Å². The number of nitrogens with zero attached hydrogens (tertiary/aromatic N) is 1. The summed E-state index contributed by atoms with van der Waals surface area (Å²) in [6.07, 6.45) is 0. The number of carboxylic acids is 1. The predicted octanol–water partition coefficient (Wildman–Crippen LogP) is 2.80. The van der Waals surface area contributed by atoms with Crippen LogP contribution in [0.5, 0.6) is 11.5 Å². The van der Waals surface area contributed by atoms with E-state index in [2.05, 4.69) is 0 Å². The zero-order chi connectivity index (χ0) is 19.1. The maximum absolute atomic E-state index is 13.5. The Morgan fingerprint density at radius 3 is 2.63 bits per heavy atom. The van der Waals surface area contributed by atoms with Gasteiger partial charge in [-0.2, -0.15) is 0 Å². The van der Waals surface area contributed by atoms with E-state index in [1.807, 2.05) is 6.07 Å². The molecule has 140 valence electrons. The van der Waals surface area contributed by atoms with Gasteiger partial charge in [-0.3, -0.25) is 9.59 Å². The van der Waals surface area contributed by atoms with Crippen molar-refractivity contribution in [3.8, 4) is 11.5 Å². The largest absolute Gasteiger partial charge is 0.481 e. The Labute approximate surface area is 155 Å². The minimum Gasteiger partial charge on any atom is -0.481 e. The van der Waals surface area contributed by atoms with E-state index in [4.69, 9.17) is 9.47 Å².